The summed E-state index contributed by atoms with van der Waals surface area (Å²) in [5.41, 5.74) is 7.07. The van der Waals surface area contributed by atoms with Crippen LogP contribution in [0.2, 0.25) is 5.02 Å². The quantitative estimate of drug-likeness (QED) is 0.906. The van der Waals surface area contributed by atoms with E-state index >= 15 is 0 Å². The largest absolute Gasteiger partial charge is 0.496 e. The molecule has 2 N–H and O–H groups in total. The van der Waals surface area contributed by atoms with Gasteiger partial charge in [0.25, 0.3) is 0 Å². The van der Waals surface area contributed by atoms with E-state index in [9.17, 15) is 0 Å². The molecule has 1 heterocycles. The lowest BCUT2D eigenvalue weighted by atomic mass is 9.95. The Morgan fingerprint density at radius 2 is 2.20 bits per heavy atom. The summed E-state index contributed by atoms with van der Waals surface area (Å²) >= 11 is 6.40. The van der Waals surface area contributed by atoms with Gasteiger partial charge in [0.1, 0.15) is 5.75 Å². The summed E-state index contributed by atoms with van der Waals surface area (Å²) in [5.74, 6) is 2.30. The van der Waals surface area contributed by atoms with E-state index < -0.39 is 0 Å². The van der Waals surface area contributed by atoms with Gasteiger partial charge in [-0.1, -0.05) is 31.5 Å². The number of hydrogen-bond donors (Lipinski definition) is 1. The summed E-state index contributed by atoms with van der Waals surface area (Å²) in [6.45, 7) is 7.32. The Morgan fingerprint density at radius 3 is 2.75 bits per heavy atom. The molecule has 0 bridgehead atoms. The number of nitrogens with zero attached hydrogens (tertiary/aromatic N) is 1. The Balaban J connectivity index is 2.25. The molecule has 1 aliphatic rings. The fourth-order valence-corrected chi connectivity index (χ4v) is 3.40. The second-order valence-electron chi connectivity index (χ2n) is 5.89. The second-order valence-corrected chi connectivity index (χ2v) is 6.30. The molecule has 0 amide bonds. The minimum Gasteiger partial charge on any atom is -0.496 e. The molecule has 0 radical (unpaired) electrons. The van der Waals surface area contributed by atoms with E-state index in [1.165, 1.54) is 6.42 Å². The molecule has 0 saturated carbocycles. The summed E-state index contributed by atoms with van der Waals surface area (Å²) < 4.78 is 5.48. The van der Waals surface area contributed by atoms with Crippen molar-refractivity contribution in [3.05, 3.63) is 28.8 Å². The normalized spacial score (nSPS) is 21.4. The Labute approximate surface area is 127 Å². The lowest BCUT2D eigenvalue weighted by Gasteiger charge is -2.29. The van der Waals surface area contributed by atoms with Gasteiger partial charge in [0.05, 0.1) is 13.2 Å². The first-order valence-electron chi connectivity index (χ1n) is 7.35. The first-order chi connectivity index (χ1) is 9.58. The van der Waals surface area contributed by atoms with E-state index in [4.69, 9.17) is 22.1 Å². The van der Waals surface area contributed by atoms with Crippen molar-refractivity contribution in [3.8, 4) is 5.75 Å². The smallest absolute Gasteiger partial charge is 0.125 e. The number of likely N-dealkylation sites (tertiary alicyclic amines) is 1. The van der Waals surface area contributed by atoms with Crippen LogP contribution in [-0.4, -0.2) is 31.6 Å². The molecule has 0 aliphatic carbocycles. The van der Waals surface area contributed by atoms with Gasteiger partial charge in [0, 0.05) is 23.7 Å². The number of hydrogen-bond acceptors (Lipinski definition) is 3. The van der Waals surface area contributed by atoms with E-state index in [-0.39, 0.29) is 6.04 Å². The zero-order valence-electron chi connectivity index (χ0n) is 12.6. The molecule has 1 aromatic rings. The van der Waals surface area contributed by atoms with Crippen molar-refractivity contribution in [1.29, 1.82) is 0 Å². The van der Waals surface area contributed by atoms with Crippen LogP contribution in [0.4, 0.5) is 0 Å². The predicted octanol–water partition coefficient (Wildman–Crippen LogP) is 3.33. The summed E-state index contributed by atoms with van der Waals surface area (Å²) in [5, 5.41) is 0.743. The van der Waals surface area contributed by atoms with Crippen molar-refractivity contribution in [2.75, 3.05) is 26.7 Å². The third-order valence-electron chi connectivity index (χ3n) is 4.43. The fourth-order valence-electron chi connectivity index (χ4n) is 3.11. The Bertz CT molecular complexity index is 450. The average Bonchev–Trinajstić information content (AvgIpc) is 2.91. The van der Waals surface area contributed by atoms with E-state index in [1.807, 2.05) is 18.2 Å². The standard InChI is InChI=1S/C16H25ClN2O/c1-11(2)12-7-8-19(10-12)14(9-18)16-13(17)5-4-6-15(16)20-3/h4-6,11-12,14H,7-10,18H2,1-3H3. The minimum absolute atomic E-state index is 0.141. The maximum Gasteiger partial charge on any atom is 0.125 e. The Morgan fingerprint density at radius 1 is 1.45 bits per heavy atom. The predicted molar refractivity (Wildman–Crippen MR) is 84.3 cm³/mol. The topological polar surface area (TPSA) is 38.5 Å². The Kier molecular flexibility index (Phi) is 5.30. The first-order valence-corrected chi connectivity index (χ1v) is 7.72. The highest BCUT2D eigenvalue weighted by molar-refractivity contribution is 6.31. The third-order valence-corrected chi connectivity index (χ3v) is 4.76. The van der Waals surface area contributed by atoms with Gasteiger partial charge in [-0.05, 0) is 36.9 Å². The molecular weight excluding hydrogens is 272 g/mol. The molecule has 0 spiro atoms. The molecule has 1 aliphatic heterocycles. The van der Waals surface area contributed by atoms with Crippen molar-refractivity contribution in [2.24, 2.45) is 17.6 Å². The second kappa shape index (κ2) is 6.79. The van der Waals surface area contributed by atoms with Crippen LogP contribution in [0.25, 0.3) is 0 Å². The Hall–Kier alpha value is -0.770. The van der Waals surface area contributed by atoms with Gasteiger partial charge < -0.3 is 10.5 Å². The third kappa shape index (κ3) is 3.11. The van der Waals surface area contributed by atoms with Crippen LogP contribution in [0.15, 0.2) is 18.2 Å². The summed E-state index contributed by atoms with van der Waals surface area (Å²) in [4.78, 5) is 2.45. The van der Waals surface area contributed by atoms with Gasteiger partial charge in [-0.3, -0.25) is 4.90 Å². The molecule has 0 aromatic heterocycles. The van der Waals surface area contributed by atoms with Crippen LogP contribution in [0.1, 0.15) is 31.9 Å². The number of methoxy groups -OCH3 is 1. The number of halogens is 1. The van der Waals surface area contributed by atoms with Crippen molar-refractivity contribution >= 4 is 11.6 Å². The number of rotatable bonds is 5. The lowest BCUT2D eigenvalue weighted by Crippen LogP contribution is -2.33. The highest BCUT2D eigenvalue weighted by atomic mass is 35.5. The van der Waals surface area contributed by atoms with Gasteiger partial charge in [0.2, 0.25) is 0 Å². The van der Waals surface area contributed by atoms with Crippen LogP contribution in [0.3, 0.4) is 0 Å². The van der Waals surface area contributed by atoms with Crippen molar-refractivity contribution in [2.45, 2.75) is 26.3 Å². The van der Waals surface area contributed by atoms with Crippen LogP contribution in [-0.2, 0) is 0 Å². The molecule has 112 valence electrons. The van der Waals surface area contributed by atoms with Crippen LogP contribution < -0.4 is 10.5 Å². The summed E-state index contributed by atoms with van der Waals surface area (Å²) in [7, 11) is 1.68. The van der Waals surface area contributed by atoms with Gasteiger partial charge in [-0.15, -0.1) is 0 Å². The van der Waals surface area contributed by atoms with Gasteiger partial charge >= 0.3 is 0 Å². The van der Waals surface area contributed by atoms with E-state index in [1.54, 1.807) is 7.11 Å². The molecule has 2 atom stereocenters. The summed E-state index contributed by atoms with van der Waals surface area (Å²) in [6, 6.07) is 5.93. The molecule has 1 fully saturated rings. The molecular formula is C16H25ClN2O. The highest BCUT2D eigenvalue weighted by Crippen LogP contribution is 2.38. The maximum atomic E-state index is 6.40. The average molecular weight is 297 g/mol. The molecule has 4 heteroatoms. The van der Waals surface area contributed by atoms with E-state index in [2.05, 4.69) is 18.7 Å². The maximum absolute atomic E-state index is 6.40. The zero-order valence-corrected chi connectivity index (χ0v) is 13.4. The van der Waals surface area contributed by atoms with Crippen molar-refractivity contribution in [3.63, 3.8) is 0 Å². The molecule has 2 unspecified atom stereocenters. The zero-order chi connectivity index (χ0) is 14.7. The molecule has 2 rings (SSSR count). The fraction of sp³-hybridized carbons (Fsp3) is 0.625. The summed E-state index contributed by atoms with van der Waals surface area (Å²) in [6.07, 6.45) is 1.24. The molecule has 1 aromatic carbocycles. The number of ether oxygens (including phenoxy) is 1. The monoisotopic (exact) mass is 296 g/mol. The van der Waals surface area contributed by atoms with Crippen molar-refractivity contribution in [1.82, 2.24) is 4.90 Å². The van der Waals surface area contributed by atoms with Crippen LogP contribution in [0.5, 0.6) is 5.75 Å². The van der Waals surface area contributed by atoms with E-state index in [0.717, 1.165) is 35.3 Å². The van der Waals surface area contributed by atoms with Gasteiger partial charge in [-0.25, -0.2) is 0 Å². The van der Waals surface area contributed by atoms with E-state index in [0.29, 0.717) is 12.5 Å². The first kappa shape index (κ1) is 15.6. The molecule has 3 nitrogen and oxygen atoms in total. The van der Waals surface area contributed by atoms with Crippen molar-refractivity contribution < 1.29 is 4.74 Å². The van der Waals surface area contributed by atoms with Crippen LogP contribution >= 0.6 is 11.6 Å². The number of benzene rings is 1. The minimum atomic E-state index is 0.141. The highest BCUT2D eigenvalue weighted by Gasteiger charge is 2.32. The van der Waals surface area contributed by atoms with Gasteiger partial charge in [-0.2, -0.15) is 0 Å². The molecule has 20 heavy (non-hydrogen) atoms. The number of nitrogens with two attached hydrogens (primary N) is 1. The van der Waals surface area contributed by atoms with Crippen LogP contribution in [0, 0.1) is 11.8 Å². The SMILES string of the molecule is COc1cccc(Cl)c1C(CN)N1CCC(C(C)C)C1. The molecule has 1 saturated heterocycles. The van der Waals surface area contributed by atoms with Gasteiger partial charge in [0.15, 0.2) is 0 Å². The lowest BCUT2D eigenvalue weighted by molar-refractivity contribution is 0.227.